The lowest BCUT2D eigenvalue weighted by atomic mass is 10.1. The van der Waals surface area contributed by atoms with Crippen LogP contribution >= 0.6 is 11.6 Å². The molecule has 0 spiro atoms. The highest BCUT2D eigenvalue weighted by Crippen LogP contribution is 2.23. The van der Waals surface area contributed by atoms with Crippen molar-refractivity contribution in [2.24, 2.45) is 0 Å². The minimum atomic E-state index is -0.0483. The van der Waals surface area contributed by atoms with E-state index in [4.69, 9.17) is 16.1 Å². The maximum atomic E-state index is 12.6. The van der Waals surface area contributed by atoms with Crippen molar-refractivity contribution in [3.05, 3.63) is 71.1 Å². The first kappa shape index (κ1) is 22.2. The Morgan fingerprint density at radius 2 is 1.69 bits per heavy atom. The average molecular weight is 453 g/mol. The Bertz CT molecular complexity index is 1060. The molecule has 0 N–H and O–H groups in total. The van der Waals surface area contributed by atoms with Gasteiger partial charge in [-0.3, -0.25) is 14.5 Å². The van der Waals surface area contributed by atoms with Crippen molar-refractivity contribution in [1.82, 2.24) is 19.9 Å². The van der Waals surface area contributed by atoms with Crippen molar-refractivity contribution in [3.8, 4) is 11.4 Å². The molecule has 1 aliphatic heterocycles. The molecule has 1 aliphatic rings. The van der Waals surface area contributed by atoms with E-state index in [0.29, 0.717) is 48.5 Å². The summed E-state index contributed by atoms with van der Waals surface area (Å²) in [6.45, 7) is 4.67. The van der Waals surface area contributed by atoms with Crippen LogP contribution < -0.4 is 0 Å². The highest BCUT2D eigenvalue weighted by atomic mass is 35.5. The van der Waals surface area contributed by atoms with Gasteiger partial charge in [-0.05, 0) is 31.2 Å². The van der Waals surface area contributed by atoms with E-state index in [9.17, 15) is 9.59 Å². The highest BCUT2D eigenvalue weighted by molar-refractivity contribution is 6.30. The molecule has 2 heterocycles. The molecule has 3 aromatic rings. The van der Waals surface area contributed by atoms with Crippen LogP contribution in [0.2, 0.25) is 5.02 Å². The number of rotatable bonds is 7. The summed E-state index contributed by atoms with van der Waals surface area (Å²) in [6, 6.07) is 16.4. The van der Waals surface area contributed by atoms with E-state index < -0.39 is 0 Å². The third-order valence-corrected chi connectivity index (χ3v) is 6.03. The molecule has 0 saturated carbocycles. The number of carbonyl (C=O) groups is 2. The van der Waals surface area contributed by atoms with E-state index in [1.54, 1.807) is 24.3 Å². The maximum absolute atomic E-state index is 12.6. The summed E-state index contributed by atoms with van der Waals surface area (Å²) < 4.78 is 5.49. The molecule has 1 atom stereocenters. The van der Waals surface area contributed by atoms with Crippen LogP contribution in [0, 0.1) is 0 Å². The standard InChI is InChI=1S/C24H25ClN4O3/c1-17(24-26-23(27-32-24)19-5-3-2-4-6-19)28-13-15-29(16-14-28)22(31)12-11-21(30)18-7-9-20(25)10-8-18/h2-10,17H,11-16H2,1H3. The van der Waals surface area contributed by atoms with Gasteiger partial charge >= 0.3 is 0 Å². The monoisotopic (exact) mass is 452 g/mol. The van der Waals surface area contributed by atoms with Gasteiger partial charge in [-0.2, -0.15) is 4.98 Å². The molecule has 8 heteroatoms. The molecule has 166 valence electrons. The SMILES string of the molecule is CC(c1nc(-c2ccccc2)no1)N1CCN(C(=O)CCC(=O)c2ccc(Cl)cc2)CC1. The minimum absolute atomic E-state index is 0.00349. The van der Waals surface area contributed by atoms with Gasteiger partial charge in [0.1, 0.15) is 0 Å². The van der Waals surface area contributed by atoms with Gasteiger partial charge in [-0.1, -0.05) is 47.1 Å². The summed E-state index contributed by atoms with van der Waals surface area (Å²) in [7, 11) is 0. The number of aromatic nitrogens is 2. The Morgan fingerprint density at radius 3 is 2.38 bits per heavy atom. The van der Waals surface area contributed by atoms with Crippen molar-refractivity contribution in [2.45, 2.75) is 25.8 Å². The predicted molar refractivity (Wildman–Crippen MR) is 121 cm³/mol. The zero-order valence-corrected chi connectivity index (χ0v) is 18.7. The van der Waals surface area contributed by atoms with Crippen LogP contribution in [0.3, 0.4) is 0 Å². The fourth-order valence-electron chi connectivity index (χ4n) is 3.78. The van der Waals surface area contributed by atoms with Crippen LogP contribution in [-0.2, 0) is 4.79 Å². The molecule has 0 aliphatic carbocycles. The molecular weight excluding hydrogens is 428 g/mol. The maximum Gasteiger partial charge on any atom is 0.244 e. The largest absolute Gasteiger partial charge is 0.340 e. The molecule has 0 bridgehead atoms. The van der Waals surface area contributed by atoms with E-state index >= 15 is 0 Å². The van der Waals surface area contributed by atoms with Crippen LogP contribution in [-0.4, -0.2) is 57.8 Å². The second-order valence-electron chi connectivity index (χ2n) is 7.85. The zero-order valence-electron chi connectivity index (χ0n) is 17.9. The summed E-state index contributed by atoms with van der Waals surface area (Å²) in [5.41, 5.74) is 1.49. The average Bonchev–Trinajstić information content (AvgIpc) is 3.33. The van der Waals surface area contributed by atoms with Gasteiger partial charge in [-0.25, -0.2) is 0 Å². The van der Waals surface area contributed by atoms with E-state index in [-0.39, 0.29) is 30.6 Å². The number of nitrogens with zero attached hydrogens (tertiary/aromatic N) is 4. The van der Waals surface area contributed by atoms with E-state index in [0.717, 1.165) is 5.56 Å². The van der Waals surface area contributed by atoms with Crippen molar-refractivity contribution in [1.29, 1.82) is 0 Å². The third kappa shape index (κ3) is 5.23. The lowest BCUT2D eigenvalue weighted by Crippen LogP contribution is -2.49. The van der Waals surface area contributed by atoms with Gasteiger partial charge in [-0.15, -0.1) is 0 Å². The first-order chi connectivity index (χ1) is 15.5. The van der Waals surface area contributed by atoms with Crippen molar-refractivity contribution >= 4 is 23.3 Å². The Balaban J connectivity index is 1.26. The van der Waals surface area contributed by atoms with E-state index in [1.807, 2.05) is 42.2 Å². The molecule has 32 heavy (non-hydrogen) atoms. The molecular formula is C24H25ClN4O3. The molecule has 1 unspecified atom stereocenters. The number of halogens is 1. The van der Waals surface area contributed by atoms with Crippen molar-refractivity contribution < 1.29 is 14.1 Å². The van der Waals surface area contributed by atoms with Crippen LogP contribution in [0.25, 0.3) is 11.4 Å². The predicted octanol–water partition coefficient (Wildman–Crippen LogP) is 4.26. The number of ketones is 1. The smallest absolute Gasteiger partial charge is 0.244 e. The number of piperazine rings is 1. The highest BCUT2D eigenvalue weighted by Gasteiger charge is 2.28. The quantitative estimate of drug-likeness (QED) is 0.498. The van der Waals surface area contributed by atoms with Crippen LogP contribution in [0.1, 0.15) is 42.1 Å². The van der Waals surface area contributed by atoms with Gasteiger partial charge in [0.05, 0.1) is 6.04 Å². The van der Waals surface area contributed by atoms with Crippen molar-refractivity contribution in [2.75, 3.05) is 26.2 Å². The van der Waals surface area contributed by atoms with Crippen molar-refractivity contribution in [3.63, 3.8) is 0 Å². The normalized spacial score (nSPS) is 15.5. The number of Topliss-reactive ketones (excluding diaryl/α,β-unsaturated/α-hetero) is 1. The Labute approximate surface area is 192 Å². The number of hydrogen-bond donors (Lipinski definition) is 0. The fraction of sp³-hybridized carbons (Fsp3) is 0.333. The summed E-state index contributed by atoms with van der Waals surface area (Å²) >= 11 is 5.86. The van der Waals surface area contributed by atoms with Crippen LogP contribution in [0.4, 0.5) is 0 Å². The first-order valence-electron chi connectivity index (χ1n) is 10.7. The molecule has 1 fully saturated rings. The van der Waals surface area contributed by atoms with E-state index in [1.165, 1.54) is 0 Å². The zero-order chi connectivity index (χ0) is 22.5. The Kier molecular flexibility index (Phi) is 6.97. The second kappa shape index (κ2) is 10.1. The third-order valence-electron chi connectivity index (χ3n) is 5.78. The van der Waals surface area contributed by atoms with Gasteiger partial charge < -0.3 is 9.42 Å². The Hall–Kier alpha value is -3.03. The summed E-state index contributed by atoms with van der Waals surface area (Å²) in [5, 5.41) is 4.68. The second-order valence-corrected chi connectivity index (χ2v) is 8.28. The topological polar surface area (TPSA) is 79.5 Å². The first-order valence-corrected chi connectivity index (χ1v) is 11.1. The molecule has 4 rings (SSSR count). The van der Waals surface area contributed by atoms with E-state index in [2.05, 4.69) is 15.0 Å². The summed E-state index contributed by atoms with van der Waals surface area (Å²) in [6.07, 6.45) is 0.405. The number of hydrogen-bond acceptors (Lipinski definition) is 6. The molecule has 1 saturated heterocycles. The molecule has 7 nitrogen and oxygen atoms in total. The molecule has 0 radical (unpaired) electrons. The van der Waals surface area contributed by atoms with Gasteiger partial charge in [0.15, 0.2) is 5.78 Å². The number of amides is 1. The lowest BCUT2D eigenvalue weighted by Gasteiger charge is -2.36. The van der Waals surface area contributed by atoms with Gasteiger partial charge in [0.2, 0.25) is 17.6 Å². The lowest BCUT2D eigenvalue weighted by molar-refractivity contribution is -0.133. The molecule has 1 aromatic heterocycles. The summed E-state index contributed by atoms with van der Waals surface area (Å²) in [5.74, 6) is 1.10. The minimum Gasteiger partial charge on any atom is -0.340 e. The Morgan fingerprint density at radius 1 is 1.00 bits per heavy atom. The van der Waals surface area contributed by atoms with Crippen LogP contribution in [0.5, 0.6) is 0 Å². The number of benzene rings is 2. The van der Waals surface area contributed by atoms with Gasteiger partial charge in [0.25, 0.3) is 0 Å². The van der Waals surface area contributed by atoms with Gasteiger partial charge in [0, 0.05) is 55.2 Å². The summed E-state index contributed by atoms with van der Waals surface area (Å²) in [4.78, 5) is 33.5. The molecule has 1 amide bonds. The molecule has 2 aromatic carbocycles. The fourth-order valence-corrected chi connectivity index (χ4v) is 3.91. The number of carbonyl (C=O) groups excluding carboxylic acids is 2. The van der Waals surface area contributed by atoms with Crippen LogP contribution in [0.15, 0.2) is 59.1 Å².